The van der Waals surface area contributed by atoms with Crippen molar-refractivity contribution in [2.45, 2.75) is 108 Å². The van der Waals surface area contributed by atoms with Crippen LogP contribution < -0.4 is 10.1 Å². The van der Waals surface area contributed by atoms with Gasteiger partial charge in [0.15, 0.2) is 29.8 Å². The second-order valence-corrected chi connectivity index (χ2v) is 18.2. The van der Waals surface area contributed by atoms with Crippen molar-refractivity contribution in [3.05, 3.63) is 72.8 Å². The van der Waals surface area contributed by atoms with E-state index in [2.05, 4.69) is 97.7 Å². The van der Waals surface area contributed by atoms with E-state index < -0.39 is 39.0 Å². The van der Waals surface area contributed by atoms with E-state index in [0.29, 0.717) is 23.5 Å². The van der Waals surface area contributed by atoms with Gasteiger partial charge in [-0.1, -0.05) is 78.8 Å². The number of imidazole rings is 1. The van der Waals surface area contributed by atoms with Gasteiger partial charge in [-0.25, -0.2) is 19.6 Å². The van der Waals surface area contributed by atoms with Crippen LogP contribution in [0.25, 0.3) is 11.2 Å². The summed E-state index contributed by atoms with van der Waals surface area (Å²) in [5, 5.41) is 2.78. The molecule has 3 heterocycles. The second-order valence-electron chi connectivity index (χ2n) is 13.8. The predicted molar refractivity (Wildman–Crippen MR) is 209 cm³/mol. The Morgan fingerprint density at radius 2 is 1.79 bits per heavy atom. The summed E-state index contributed by atoms with van der Waals surface area (Å²) in [6.45, 7) is 15.3. The number of para-hydroxylation sites is 1. The molecular weight excluding hydrogens is 720 g/mol. The number of amides is 1. The number of hydrogen-bond acceptors (Lipinski definition) is 12. The van der Waals surface area contributed by atoms with Crippen LogP contribution in [0.15, 0.2) is 72.1 Å². The molecule has 5 unspecified atom stereocenters. The number of rotatable bonds is 17. The number of carbonyl (C=O) groups is 1. The summed E-state index contributed by atoms with van der Waals surface area (Å²) in [7, 11) is 3.66. The van der Waals surface area contributed by atoms with Gasteiger partial charge in [-0.3, -0.25) is 9.36 Å². The zero-order chi connectivity index (χ0) is 38.1. The Hall–Kier alpha value is -2.81. The maximum Gasteiger partial charge on any atom is 0.263 e. The highest BCUT2D eigenvalue weighted by Gasteiger charge is 2.48. The van der Waals surface area contributed by atoms with Crippen molar-refractivity contribution in [1.29, 1.82) is 0 Å². The largest absolute Gasteiger partial charge is 0.484 e. The molecule has 0 bridgehead atoms. The normalized spacial score (nSPS) is 20.2. The molecule has 12 nitrogen and oxygen atoms in total. The van der Waals surface area contributed by atoms with Crippen LogP contribution in [-0.4, -0.2) is 85.6 Å². The van der Waals surface area contributed by atoms with Gasteiger partial charge in [0.1, 0.15) is 24.3 Å². The zero-order valence-corrected chi connectivity index (χ0v) is 33.6. The Morgan fingerprint density at radius 3 is 2.48 bits per heavy atom. The van der Waals surface area contributed by atoms with E-state index in [1.807, 2.05) is 29.0 Å². The van der Waals surface area contributed by atoms with Crippen LogP contribution in [0.3, 0.4) is 0 Å². The van der Waals surface area contributed by atoms with Gasteiger partial charge >= 0.3 is 0 Å². The van der Waals surface area contributed by atoms with Crippen molar-refractivity contribution in [2.75, 3.05) is 25.6 Å². The Morgan fingerprint density at radius 1 is 1.06 bits per heavy atom. The SMILES string of the molecule is [2H]CC1OC(n2cnc3c(NC(=O)COc4ccccc4)ncnc32)C(OC)C1OP(OCCc1ccccc1SSC(C)(C)C)N(C(C)C)C(C)C. The summed E-state index contributed by atoms with van der Waals surface area (Å²) in [5.74, 6) is 0.432. The lowest BCUT2D eigenvalue weighted by Crippen LogP contribution is -2.39. The Kier molecular flexibility index (Phi) is 13.8. The molecule has 5 rings (SSSR count). The number of fused-ring (bicyclic) bond motifs is 1. The molecule has 282 valence electrons. The van der Waals surface area contributed by atoms with Gasteiger partial charge in [-0.05, 0) is 64.8 Å². The molecule has 1 saturated heterocycles. The quantitative estimate of drug-likeness (QED) is 0.0821. The van der Waals surface area contributed by atoms with Gasteiger partial charge in [0.05, 0.1) is 19.0 Å². The van der Waals surface area contributed by atoms with E-state index in [4.69, 9.17) is 24.6 Å². The van der Waals surface area contributed by atoms with Gasteiger partial charge in [0.2, 0.25) is 0 Å². The highest BCUT2D eigenvalue weighted by molar-refractivity contribution is 8.77. The van der Waals surface area contributed by atoms with Crippen molar-refractivity contribution in [1.82, 2.24) is 24.2 Å². The average molecular weight is 772 g/mol. The van der Waals surface area contributed by atoms with Crippen molar-refractivity contribution >= 4 is 53.0 Å². The molecule has 1 fully saturated rings. The molecule has 1 aliphatic heterocycles. The van der Waals surface area contributed by atoms with E-state index in [9.17, 15) is 4.79 Å². The molecule has 2 aromatic heterocycles. The minimum absolute atomic E-state index is 0.0616. The first kappa shape index (κ1) is 38.9. The minimum Gasteiger partial charge on any atom is -0.484 e. The van der Waals surface area contributed by atoms with Crippen LogP contribution in [0.4, 0.5) is 5.82 Å². The lowest BCUT2D eigenvalue weighted by atomic mass is 10.1. The summed E-state index contributed by atoms with van der Waals surface area (Å²) in [6, 6.07) is 17.8. The lowest BCUT2D eigenvalue weighted by Gasteiger charge is -2.38. The molecule has 4 aromatic rings. The van der Waals surface area contributed by atoms with Crippen LogP contribution in [0.1, 0.15) is 68.5 Å². The first-order valence-corrected chi connectivity index (χ1v) is 20.6. The average Bonchev–Trinajstić information content (AvgIpc) is 3.71. The summed E-state index contributed by atoms with van der Waals surface area (Å²) in [6.07, 6.45) is 1.05. The van der Waals surface area contributed by atoms with E-state index in [1.54, 1.807) is 40.9 Å². The van der Waals surface area contributed by atoms with Gasteiger partial charge < -0.3 is 28.6 Å². The van der Waals surface area contributed by atoms with Crippen molar-refractivity contribution in [3.8, 4) is 5.75 Å². The number of anilines is 1. The molecule has 0 aliphatic carbocycles. The summed E-state index contributed by atoms with van der Waals surface area (Å²) in [4.78, 5) is 27.3. The standard InChI is InChI=1S/C37H51N6O6PS2/c1-24(2)43(25(3)4)50(47-20-19-27-15-13-14-18-29(27)51-52-37(6,7)8)49-32-26(5)48-36(33(32)45-9)42-23-40-31-34(38-22-39-35(31)42)41-30(44)21-46-28-16-11-10-12-17-28/h10-18,22-26,32-33,36H,19-21H2,1-9H3,(H,38,39,41,44)/i5D. The third kappa shape index (κ3) is 10.4. The van der Waals surface area contributed by atoms with E-state index in [0.717, 1.165) is 6.42 Å². The van der Waals surface area contributed by atoms with E-state index >= 15 is 0 Å². The minimum atomic E-state index is -1.59. The first-order chi connectivity index (χ1) is 25.4. The highest BCUT2D eigenvalue weighted by Crippen LogP contribution is 2.51. The van der Waals surface area contributed by atoms with Crippen LogP contribution in [0.5, 0.6) is 5.75 Å². The molecule has 15 heteroatoms. The fraction of sp³-hybridized carbons (Fsp3) is 0.514. The van der Waals surface area contributed by atoms with Gasteiger partial charge in [-0.15, -0.1) is 0 Å². The van der Waals surface area contributed by atoms with Crippen molar-refractivity contribution in [2.24, 2.45) is 0 Å². The topological polar surface area (TPSA) is 122 Å². The number of methoxy groups -OCH3 is 1. The van der Waals surface area contributed by atoms with Gasteiger partial charge in [0.25, 0.3) is 14.4 Å². The molecule has 2 aromatic carbocycles. The van der Waals surface area contributed by atoms with Gasteiger partial charge in [-0.2, -0.15) is 0 Å². The summed E-state index contributed by atoms with van der Waals surface area (Å²) < 4.78 is 44.3. The monoisotopic (exact) mass is 771 g/mol. The van der Waals surface area contributed by atoms with Crippen molar-refractivity contribution in [3.63, 3.8) is 0 Å². The van der Waals surface area contributed by atoms with E-state index in [-0.39, 0.29) is 36.2 Å². The van der Waals surface area contributed by atoms with Gasteiger partial charge in [0, 0.05) is 30.2 Å². The molecule has 1 amide bonds. The van der Waals surface area contributed by atoms with Crippen LogP contribution in [-0.2, 0) is 29.7 Å². The fourth-order valence-corrected chi connectivity index (χ4v) is 9.72. The number of benzene rings is 2. The number of carbonyl (C=O) groups excluding carboxylic acids is 1. The predicted octanol–water partition coefficient (Wildman–Crippen LogP) is 8.31. The lowest BCUT2D eigenvalue weighted by molar-refractivity contribution is -0.118. The highest BCUT2D eigenvalue weighted by atomic mass is 33.1. The Labute approximate surface area is 317 Å². The smallest absolute Gasteiger partial charge is 0.263 e. The van der Waals surface area contributed by atoms with Crippen LogP contribution in [0, 0.1) is 0 Å². The van der Waals surface area contributed by atoms with Crippen molar-refractivity contribution < 1.29 is 29.4 Å². The first-order valence-electron chi connectivity index (χ1n) is 18.0. The fourth-order valence-electron chi connectivity index (χ4n) is 5.70. The molecule has 0 spiro atoms. The number of aromatic nitrogens is 4. The molecular formula is C37H51N6O6PS2. The second kappa shape index (κ2) is 18.5. The molecule has 1 aliphatic rings. The molecule has 1 N–H and O–H groups in total. The third-order valence-corrected chi connectivity index (χ3v) is 13.5. The van der Waals surface area contributed by atoms with Crippen LogP contribution >= 0.6 is 30.1 Å². The summed E-state index contributed by atoms with van der Waals surface area (Å²) >= 11 is 0. The number of hydrogen-bond donors (Lipinski definition) is 1. The molecule has 0 radical (unpaired) electrons. The molecule has 0 saturated carbocycles. The third-order valence-electron chi connectivity index (χ3n) is 7.95. The van der Waals surface area contributed by atoms with Crippen LogP contribution in [0.2, 0.25) is 0 Å². The number of nitrogens with one attached hydrogen (secondary N) is 1. The maximum atomic E-state index is 12.8. The zero-order valence-electron chi connectivity index (χ0n) is 32.1. The molecule has 5 atom stereocenters. The van der Waals surface area contributed by atoms with E-state index in [1.165, 1.54) is 16.8 Å². The number of nitrogens with zero attached hydrogens (tertiary/aromatic N) is 5. The number of ether oxygens (including phenoxy) is 3. The summed E-state index contributed by atoms with van der Waals surface area (Å²) in [5.41, 5.74) is 2.03. The molecule has 52 heavy (non-hydrogen) atoms. The Balaban J connectivity index is 1.33. The Bertz CT molecular complexity index is 1760. The maximum absolute atomic E-state index is 12.8.